The van der Waals surface area contributed by atoms with Crippen LogP contribution in [0.4, 0.5) is 0 Å². The van der Waals surface area contributed by atoms with Crippen LogP contribution in [0.15, 0.2) is 12.2 Å². The first-order chi connectivity index (χ1) is 7.97. The Morgan fingerprint density at radius 2 is 2.18 bits per heavy atom. The summed E-state index contributed by atoms with van der Waals surface area (Å²) in [7, 11) is 0. The molecule has 1 saturated heterocycles. The lowest BCUT2D eigenvalue weighted by Crippen LogP contribution is -2.46. The van der Waals surface area contributed by atoms with Crippen molar-refractivity contribution in [2.75, 3.05) is 6.61 Å². The molecule has 3 rings (SSSR count). The first-order valence-electron chi connectivity index (χ1n) is 6.95. The van der Waals surface area contributed by atoms with Crippen LogP contribution in [0.25, 0.3) is 0 Å². The Balaban J connectivity index is 2.03. The third kappa shape index (κ3) is 1.34. The normalized spacial score (nSPS) is 53.2. The van der Waals surface area contributed by atoms with Crippen LogP contribution in [0, 0.1) is 35.0 Å². The van der Waals surface area contributed by atoms with Gasteiger partial charge in [0.05, 0.1) is 6.61 Å². The van der Waals surface area contributed by atoms with Gasteiger partial charge in [-0.25, -0.2) is 0 Å². The van der Waals surface area contributed by atoms with Gasteiger partial charge < -0.3 is 9.84 Å². The second-order valence-corrected chi connectivity index (χ2v) is 6.82. The maximum Gasteiger partial charge on any atom is 0.161 e. The zero-order valence-electron chi connectivity index (χ0n) is 11.1. The van der Waals surface area contributed by atoms with Crippen molar-refractivity contribution in [1.29, 1.82) is 0 Å². The van der Waals surface area contributed by atoms with Crippen LogP contribution in [-0.2, 0) is 4.74 Å². The molecule has 3 fully saturated rings. The van der Waals surface area contributed by atoms with Crippen LogP contribution in [0.1, 0.15) is 33.6 Å². The van der Waals surface area contributed by atoms with Gasteiger partial charge in [-0.05, 0) is 41.9 Å². The zero-order valence-corrected chi connectivity index (χ0v) is 11.1. The lowest BCUT2D eigenvalue weighted by molar-refractivity contribution is -0.193. The monoisotopic (exact) mass is 236 g/mol. The molecular formula is C15H24O2. The van der Waals surface area contributed by atoms with Crippen LogP contribution in [-0.4, -0.2) is 18.0 Å². The van der Waals surface area contributed by atoms with Gasteiger partial charge in [-0.2, -0.15) is 0 Å². The number of ether oxygens (including phenoxy) is 1. The molecule has 2 aliphatic carbocycles. The standard InChI is InChI=1S/C15H24O2/c1-8(2)10-5-6-15(4)9(3)12-13(10)11(15)7-17-14(12)16/h8,10-14,16H,3,5-7H2,1-2,4H3/t10?,11-,12-,13-,14?,15-/m0/s1. The first kappa shape index (κ1) is 11.7. The Morgan fingerprint density at radius 1 is 1.47 bits per heavy atom. The van der Waals surface area contributed by atoms with E-state index in [1.54, 1.807) is 0 Å². The van der Waals surface area contributed by atoms with Gasteiger partial charge in [0.2, 0.25) is 0 Å². The molecule has 0 aromatic heterocycles. The van der Waals surface area contributed by atoms with Crippen molar-refractivity contribution in [1.82, 2.24) is 0 Å². The van der Waals surface area contributed by atoms with E-state index >= 15 is 0 Å². The molecule has 3 aliphatic rings. The average Bonchev–Trinajstić information content (AvgIpc) is 2.35. The summed E-state index contributed by atoms with van der Waals surface area (Å²) in [5.74, 6) is 2.81. The second-order valence-electron chi connectivity index (χ2n) is 6.82. The summed E-state index contributed by atoms with van der Waals surface area (Å²) >= 11 is 0. The quantitative estimate of drug-likeness (QED) is 0.709. The minimum atomic E-state index is -0.607. The van der Waals surface area contributed by atoms with E-state index in [9.17, 15) is 5.11 Å². The summed E-state index contributed by atoms with van der Waals surface area (Å²) in [5, 5.41) is 10.1. The van der Waals surface area contributed by atoms with Crippen LogP contribution in [0.3, 0.4) is 0 Å². The molecule has 1 heterocycles. The summed E-state index contributed by atoms with van der Waals surface area (Å²) in [5.41, 5.74) is 1.48. The Morgan fingerprint density at radius 3 is 2.82 bits per heavy atom. The molecular weight excluding hydrogens is 212 g/mol. The molecule has 0 aromatic rings. The maximum absolute atomic E-state index is 10.1. The Hall–Kier alpha value is -0.340. The largest absolute Gasteiger partial charge is 0.367 e. The summed E-state index contributed by atoms with van der Waals surface area (Å²) in [6, 6.07) is 0. The van der Waals surface area contributed by atoms with Gasteiger partial charge in [0, 0.05) is 5.92 Å². The third-order valence-electron chi connectivity index (χ3n) is 5.94. The molecule has 1 aliphatic heterocycles. The van der Waals surface area contributed by atoms with E-state index in [4.69, 9.17) is 4.74 Å². The van der Waals surface area contributed by atoms with Crippen molar-refractivity contribution >= 4 is 0 Å². The van der Waals surface area contributed by atoms with Crippen LogP contribution < -0.4 is 0 Å². The topological polar surface area (TPSA) is 29.5 Å². The van der Waals surface area contributed by atoms with Gasteiger partial charge in [0.15, 0.2) is 6.29 Å². The highest BCUT2D eigenvalue weighted by molar-refractivity contribution is 5.28. The van der Waals surface area contributed by atoms with Gasteiger partial charge in [-0.3, -0.25) is 0 Å². The van der Waals surface area contributed by atoms with Crippen LogP contribution in [0.5, 0.6) is 0 Å². The van der Waals surface area contributed by atoms with E-state index in [2.05, 4.69) is 27.4 Å². The molecule has 2 nitrogen and oxygen atoms in total. The van der Waals surface area contributed by atoms with Crippen molar-refractivity contribution < 1.29 is 9.84 Å². The van der Waals surface area contributed by atoms with Crippen molar-refractivity contribution in [3.8, 4) is 0 Å². The fraction of sp³-hybridized carbons (Fsp3) is 0.867. The zero-order chi connectivity index (χ0) is 12.4. The third-order valence-corrected chi connectivity index (χ3v) is 5.94. The predicted molar refractivity (Wildman–Crippen MR) is 67.2 cm³/mol. The summed E-state index contributed by atoms with van der Waals surface area (Å²) in [6.07, 6.45) is 1.91. The number of hydrogen-bond acceptors (Lipinski definition) is 2. The molecule has 2 heteroatoms. The fourth-order valence-corrected chi connectivity index (χ4v) is 4.84. The molecule has 0 aromatic carbocycles. The first-order valence-corrected chi connectivity index (χ1v) is 6.95. The fourth-order valence-electron chi connectivity index (χ4n) is 4.84. The number of rotatable bonds is 1. The van der Waals surface area contributed by atoms with E-state index in [0.717, 1.165) is 12.5 Å². The van der Waals surface area contributed by atoms with Gasteiger partial charge in [-0.15, -0.1) is 0 Å². The molecule has 1 N–H and O–H groups in total. The number of aliphatic hydroxyl groups excluding tert-OH is 1. The van der Waals surface area contributed by atoms with E-state index in [0.29, 0.717) is 17.8 Å². The molecule has 96 valence electrons. The highest BCUT2D eigenvalue weighted by Crippen LogP contribution is 2.66. The minimum Gasteiger partial charge on any atom is -0.367 e. The lowest BCUT2D eigenvalue weighted by Gasteiger charge is -2.46. The van der Waals surface area contributed by atoms with Gasteiger partial charge >= 0.3 is 0 Å². The summed E-state index contributed by atoms with van der Waals surface area (Å²) in [4.78, 5) is 0. The predicted octanol–water partition coefficient (Wildman–Crippen LogP) is 2.83. The van der Waals surface area contributed by atoms with Gasteiger partial charge in [-0.1, -0.05) is 32.9 Å². The molecule has 4 bridgehead atoms. The van der Waals surface area contributed by atoms with E-state index in [-0.39, 0.29) is 11.3 Å². The van der Waals surface area contributed by atoms with Crippen molar-refractivity contribution in [2.45, 2.75) is 39.9 Å². The van der Waals surface area contributed by atoms with Crippen LogP contribution in [0.2, 0.25) is 0 Å². The molecule has 0 spiro atoms. The van der Waals surface area contributed by atoms with Crippen LogP contribution >= 0.6 is 0 Å². The lowest BCUT2D eigenvalue weighted by atomic mass is 9.61. The molecule has 0 amide bonds. The van der Waals surface area contributed by atoms with E-state index in [1.807, 2.05) is 0 Å². The summed E-state index contributed by atoms with van der Waals surface area (Å²) in [6.45, 7) is 12.0. The van der Waals surface area contributed by atoms with E-state index < -0.39 is 6.29 Å². The smallest absolute Gasteiger partial charge is 0.161 e. The Bertz CT molecular complexity index is 349. The highest BCUT2D eigenvalue weighted by atomic mass is 16.6. The Kier molecular flexibility index (Phi) is 2.47. The molecule has 6 atom stereocenters. The molecule has 2 unspecified atom stereocenters. The van der Waals surface area contributed by atoms with Crippen molar-refractivity contribution in [3.05, 3.63) is 12.2 Å². The van der Waals surface area contributed by atoms with E-state index in [1.165, 1.54) is 18.4 Å². The number of hydrogen-bond donors (Lipinski definition) is 1. The van der Waals surface area contributed by atoms with Gasteiger partial charge in [0.25, 0.3) is 0 Å². The maximum atomic E-state index is 10.1. The Labute approximate surface area is 104 Å². The molecule has 0 radical (unpaired) electrons. The molecule has 2 saturated carbocycles. The average molecular weight is 236 g/mol. The van der Waals surface area contributed by atoms with Crippen molar-refractivity contribution in [3.63, 3.8) is 0 Å². The molecule has 17 heavy (non-hydrogen) atoms. The second kappa shape index (κ2) is 3.58. The van der Waals surface area contributed by atoms with Crippen molar-refractivity contribution in [2.24, 2.45) is 35.0 Å². The summed E-state index contributed by atoms with van der Waals surface area (Å²) < 4.78 is 5.56. The number of aliphatic hydroxyl groups is 1. The van der Waals surface area contributed by atoms with Gasteiger partial charge in [0.1, 0.15) is 0 Å². The minimum absolute atomic E-state index is 0.189. The SMILES string of the molecule is C=C1[C@@H]2C(O)OC[C@H]3[C@@H]2C(C(C)C)CC[C@@]13C. The highest BCUT2D eigenvalue weighted by Gasteiger charge is 2.62.